The number of carbonyl (C=O) groups is 1. The summed E-state index contributed by atoms with van der Waals surface area (Å²) in [5.74, 6) is 0.0885. The van der Waals surface area contributed by atoms with E-state index in [0.717, 1.165) is 19.3 Å². The number of unbranched alkanes of at least 4 members (excludes halogenated alkanes) is 2. The van der Waals surface area contributed by atoms with Gasteiger partial charge in [-0.1, -0.05) is 0 Å². The third-order valence-electron chi connectivity index (χ3n) is 2.28. The van der Waals surface area contributed by atoms with Gasteiger partial charge in [0.15, 0.2) is 11.0 Å². The fraction of sp³-hybridized carbons (Fsp3) is 0.545. The molecule has 0 fully saturated rings. The number of furan rings is 1. The van der Waals surface area contributed by atoms with Gasteiger partial charge in [0, 0.05) is 20.2 Å². The van der Waals surface area contributed by atoms with Gasteiger partial charge in [0.2, 0.25) is 0 Å². The largest absolute Gasteiger partial charge is 0.440 e. The SMILES string of the molecule is CN(CCCCCO)C(=O)c1ccc(Cl)o1. The maximum absolute atomic E-state index is 11.7. The third kappa shape index (κ3) is 3.87. The number of hydrogen-bond acceptors (Lipinski definition) is 3. The normalized spacial score (nSPS) is 10.4. The summed E-state index contributed by atoms with van der Waals surface area (Å²) < 4.78 is 5.03. The van der Waals surface area contributed by atoms with Crippen LogP contribution in [0.15, 0.2) is 16.5 Å². The lowest BCUT2D eigenvalue weighted by molar-refractivity contribution is 0.0761. The number of nitrogens with zero attached hydrogens (tertiary/aromatic N) is 1. The van der Waals surface area contributed by atoms with Crippen LogP contribution in [0.25, 0.3) is 0 Å². The van der Waals surface area contributed by atoms with E-state index >= 15 is 0 Å². The van der Waals surface area contributed by atoms with Crippen molar-refractivity contribution in [2.75, 3.05) is 20.2 Å². The minimum Gasteiger partial charge on any atom is -0.440 e. The maximum Gasteiger partial charge on any atom is 0.289 e. The molecule has 90 valence electrons. The number of aliphatic hydroxyl groups is 1. The first kappa shape index (κ1) is 13.1. The Hall–Kier alpha value is -1.00. The number of hydrogen-bond donors (Lipinski definition) is 1. The molecule has 0 aliphatic heterocycles. The van der Waals surface area contributed by atoms with Crippen molar-refractivity contribution in [2.24, 2.45) is 0 Å². The van der Waals surface area contributed by atoms with Crippen molar-refractivity contribution in [1.82, 2.24) is 4.90 Å². The number of rotatable bonds is 6. The van der Waals surface area contributed by atoms with E-state index in [-0.39, 0.29) is 23.5 Å². The lowest BCUT2D eigenvalue weighted by atomic mass is 10.2. The quantitative estimate of drug-likeness (QED) is 0.782. The minimum atomic E-state index is -0.170. The molecule has 0 aliphatic rings. The zero-order chi connectivity index (χ0) is 12.0. The Morgan fingerprint density at radius 2 is 2.19 bits per heavy atom. The second-order valence-electron chi connectivity index (χ2n) is 3.61. The monoisotopic (exact) mass is 245 g/mol. The van der Waals surface area contributed by atoms with Gasteiger partial charge in [0.05, 0.1) is 0 Å². The molecule has 1 amide bonds. The number of halogens is 1. The molecule has 0 aromatic carbocycles. The number of aliphatic hydroxyl groups excluding tert-OH is 1. The molecule has 0 atom stereocenters. The van der Waals surface area contributed by atoms with Gasteiger partial charge < -0.3 is 14.4 Å². The summed E-state index contributed by atoms with van der Waals surface area (Å²) in [5.41, 5.74) is 0. The van der Waals surface area contributed by atoms with Crippen LogP contribution in [0.1, 0.15) is 29.8 Å². The Morgan fingerprint density at radius 1 is 1.44 bits per heavy atom. The zero-order valence-electron chi connectivity index (χ0n) is 9.28. The molecule has 5 heteroatoms. The smallest absolute Gasteiger partial charge is 0.289 e. The van der Waals surface area contributed by atoms with E-state index < -0.39 is 0 Å². The van der Waals surface area contributed by atoms with Crippen molar-refractivity contribution in [1.29, 1.82) is 0 Å². The predicted molar refractivity (Wildman–Crippen MR) is 61.6 cm³/mol. The van der Waals surface area contributed by atoms with Crippen molar-refractivity contribution >= 4 is 17.5 Å². The average Bonchev–Trinajstić information content (AvgIpc) is 2.70. The Kier molecular flexibility index (Phi) is 5.35. The fourth-order valence-corrected chi connectivity index (χ4v) is 1.50. The molecule has 1 aromatic heterocycles. The summed E-state index contributed by atoms with van der Waals surface area (Å²) in [6, 6.07) is 3.11. The predicted octanol–water partition coefficient (Wildman–Crippen LogP) is 2.17. The van der Waals surface area contributed by atoms with Gasteiger partial charge in [-0.05, 0) is 43.0 Å². The van der Waals surface area contributed by atoms with Crippen molar-refractivity contribution in [3.05, 3.63) is 23.1 Å². The number of carbonyl (C=O) groups excluding carboxylic acids is 1. The summed E-state index contributed by atoms with van der Waals surface area (Å²) in [5, 5.41) is 8.83. The topological polar surface area (TPSA) is 53.7 Å². The van der Waals surface area contributed by atoms with Gasteiger partial charge in [-0.2, -0.15) is 0 Å². The van der Waals surface area contributed by atoms with Crippen LogP contribution >= 0.6 is 11.6 Å². The van der Waals surface area contributed by atoms with Crippen molar-refractivity contribution in [3.8, 4) is 0 Å². The molecule has 1 N–H and O–H groups in total. The molecular formula is C11H16ClNO3. The van der Waals surface area contributed by atoms with E-state index in [9.17, 15) is 4.79 Å². The van der Waals surface area contributed by atoms with Gasteiger partial charge in [0.25, 0.3) is 5.91 Å². The Balaban J connectivity index is 2.36. The second kappa shape index (κ2) is 6.55. The zero-order valence-corrected chi connectivity index (χ0v) is 10.0. The van der Waals surface area contributed by atoms with Gasteiger partial charge in [0.1, 0.15) is 0 Å². The van der Waals surface area contributed by atoms with Crippen LogP contribution in [0, 0.1) is 0 Å². The summed E-state index contributed by atoms with van der Waals surface area (Å²) in [4.78, 5) is 13.3. The van der Waals surface area contributed by atoms with Gasteiger partial charge in [-0.3, -0.25) is 4.79 Å². The van der Waals surface area contributed by atoms with E-state index in [1.54, 1.807) is 24.1 Å². The highest BCUT2D eigenvalue weighted by Crippen LogP contribution is 2.14. The highest BCUT2D eigenvalue weighted by Gasteiger charge is 2.14. The average molecular weight is 246 g/mol. The lowest BCUT2D eigenvalue weighted by Crippen LogP contribution is -2.27. The summed E-state index contributed by atoms with van der Waals surface area (Å²) in [7, 11) is 1.72. The highest BCUT2D eigenvalue weighted by atomic mass is 35.5. The molecular weight excluding hydrogens is 230 g/mol. The second-order valence-corrected chi connectivity index (χ2v) is 3.99. The van der Waals surface area contributed by atoms with E-state index in [2.05, 4.69) is 0 Å². The minimum absolute atomic E-state index is 0.170. The van der Waals surface area contributed by atoms with Crippen LogP contribution in [0.5, 0.6) is 0 Å². The molecule has 0 saturated carbocycles. The fourth-order valence-electron chi connectivity index (χ4n) is 1.36. The van der Waals surface area contributed by atoms with Gasteiger partial charge in [-0.15, -0.1) is 0 Å². The standard InChI is InChI=1S/C11H16ClNO3/c1-13(7-3-2-4-8-14)11(15)9-5-6-10(12)16-9/h5-6,14H,2-4,7-8H2,1H3. The summed E-state index contributed by atoms with van der Waals surface area (Å²) in [6.07, 6.45) is 2.55. The van der Waals surface area contributed by atoms with Gasteiger partial charge >= 0.3 is 0 Å². The van der Waals surface area contributed by atoms with Crippen molar-refractivity contribution < 1.29 is 14.3 Å². The number of amides is 1. The molecule has 1 aromatic rings. The molecule has 0 radical (unpaired) electrons. The molecule has 4 nitrogen and oxygen atoms in total. The third-order valence-corrected chi connectivity index (χ3v) is 2.49. The molecule has 0 bridgehead atoms. The first-order chi connectivity index (χ1) is 7.65. The first-order valence-corrected chi connectivity index (χ1v) is 5.64. The summed E-state index contributed by atoms with van der Waals surface area (Å²) >= 11 is 5.59. The Morgan fingerprint density at radius 3 is 2.75 bits per heavy atom. The van der Waals surface area contributed by atoms with Gasteiger partial charge in [-0.25, -0.2) is 0 Å². The Bertz CT molecular complexity index is 338. The van der Waals surface area contributed by atoms with E-state index in [1.165, 1.54) is 0 Å². The molecule has 0 unspecified atom stereocenters. The molecule has 0 saturated heterocycles. The van der Waals surface area contributed by atoms with Crippen molar-refractivity contribution in [3.63, 3.8) is 0 Å². The molecule has 16 heavy (non-hydrogen) atoms. The molecule has 0 aliphatic carbocycles. The van der Waals surface area contributed by atoms with Crippen LogP contribution in [0.2, 0.25) is 5.22 Å². The van der Waals surface area contributed by atoms with Crippen LogP contribution in [-0.2, 0) is 0 Å². The van der Waals surface area contributed by atoms with Crippen LogP contribution in [0.4, 0.5) is 0 Å². The molecule has 1 heterocycles. The van der Waals surface area contributed by atoms with Crippen LogP contribution in [-0.4, -0.2) is 36.1 Å². The van der Waals surface area contributed by atoms with E-state index in [4.69, 9.17) is 21.1 Å². The maximum atomic E-state index is 11.7. The van der Waals surface area contributed by atoms with Crippen molar-refractivity contribution in [2.45, 2.75) is 19.3 Å². The van der Waals surface area contributed by atoms with Crippen LogP contribution < -0.4 is 0 Å². The first-order valence-electron chi connectivity index (χ1n) is 5.27. The van der Waals surface area contributed by atoms with E-state index in [0.29, 0.717) is 6.54 Å². The highest BCUT2D eigenvalue weighted by molar-refractivity contribution is 6.29. The molecule has 0 spiro atoms. The van der Waals surface area contributed by atoms with E-state index in [1.807, 2.05) is 0 Å². The molecule has 1 rings (SSSR count). The van der Waals surface area contributed by atoms with Crippen LogP contribution in [0.3, 0.4) is 0 Å². The Labute approximate surface area is 99.8 Å². The lowest BCUT2D eigenvalue weighted by Gasteiger charge is -2.15. The summed E-state index contributed by atoms with van der Waals surface area (Å²) in [6.45, 7) is 0.850.